The quantitative estimate of drug-likeness (QED) is 0.408. The van der Waals surface area contributed by atoms with Crippen LogP contribution in [-0.4, -0.2) is 6.61 Å². The summed E-state index contributed by atoms with van der Waals surface area (Å²) >= 11 is 0. The molecule has 1 radical (unpaired) electrons. The van der Waals surface area contributed by atoms with Gasteiger partial charge in [-0.1, -0.05) is 31.9 Å². The van der Waals surface area contributed by atoms with E-state index in [1.807, 2.05) is 6.08 Å². The minimum absolute atomic E-state index is 0.645. The van der Waals surface area contributed by atoms with E-state index in [2.05, 4.69) is 24.8 Å². The molecule has 0 N–H and O–H groups in total. The molecule has 0 fully saturated rings. The molecule has 10 heavy (non-hydrogen) atoms. The van der Waals surface area contributed by atoms with Crippen molar-refractivity contribution < 1.29 is 4.74 Å². The topological polar surface area (TPSA) is 9.23 Å². The molecule has 0 aliphatic rings. The molecule has 1 nitrogen and oxygen atoms in total. The number of rotatable bonds is 6. The van der Waals surface area contributed by atoms with E-state index in [1.165, 1.54) is 25.7 Å². The lowest BCUT2D eigenvalue weighted by molar-refractivity contribution is 0.281. The number of allylic oxidation sites excluding steroid dienone is 1. The predicted molar refractivity (Wildman–Crippen MR) is 44.6 cm³/mol. The summed E-state index contributed by atoms with van der Waals surface area (Å²) in [5.74, 6) is 0. The number of unbranched alkanes of at least 4 members (excludes halogenated alkanes) is 3. The van der Waals surface area contributed by atoms with Crippen molar-refractivity contribution in [3.63, 3.8) is 0 Å². The van der Waals surface area contributed by atoms with Crippen LogP contribution in [0.2, 0.25) is 0 Å². The van der Waals surface area contributed by atoms with E-state index in [-0.39, 0.29) is 0 Å². The van der Waals surface area contributed by atoms with Crippen LogP contribution in [0.25, 0.3) is 0 Å². The monoisotopic (exact) mass is 141 g/mol. The summed E-state index contributed by atoms with van der Waals surface area (Å²) < 4.78 is 4.61. The largest absolute Gasteiger partial charge is 0.375 e. The molecule has 0 saturated carbocycles. The van der Waals surface area contributed by atoms with Crippen molar-refractivity contribution in [2.75, 3.05) is 6.61 Å². The first-order valence-corrected chi connectivity index (χ1v) is 3.93. The summed E-state index contributed by atoms with van der Waals surface area (Å²) in [4.78, 5) is 0. The Kier molecular flexibility index (Phi) is 8.44. The van der Waals surface area contributed by atoms with Crippen LogP contribution in [0, 0.1) is 7.11 Å². The van der Waals surface area contributed by atoms with Gasteiger partial charge in [0.05, 0.1) is 13.7 Å². The predicted octanol–water partition coefficient (Wildman–Crippen LogP) is 2.93. The average molecular weight is 141 g/mol. The second-order valence-corrected chi connectivity index (χ2v) is 2.34. The van der Waals surface area contributed by atoms with Gasteiger partial charge >= 0.3 is 0 Å². The summed E-state index contributed by atoms with van der Waals surface area (Å²) in [7, 11) is 3.27. The van der Waals surface area contributed by atoms with Crippen LogP contribution < -0.4 is 0 Å². The number of ether oxygens (including phenoxy) is 1. The highest BCUT2D eigenvalue weighted by molar-refractivity contribution is 4.80. The van der Waals surface area contributed by atoms with E-state index in [4.69, 9.17) is 0 Å². The molecule has 0 aromatic rings. The van der Waals surface area contributed by atoms with Crippen LogP contribution in [0.5, 0.6) is 0 Å². The summed E-state index contributed by atoms with van der Waals surface area (Å²) in [5.41, 5.74) is 0. The van der Waals surface area contributed by atoms with Crippen LogP contribution in [0.3, 0.4) is 0 Å². The summed E-state index contributed by atoms with van der Waals surface area (Å²) in [5, 5.41) is 0. The number of hydrogen-bond acceptors (Lipinski definition) is 1. The molecule has 0 aromatic heterocycles. The Labute approximate surface area is 64.1 Å². The van der Waals surface area contributed by atoms with Gasteiger partial charge < -0.3 is 4.74 Å². The van der Waals surface area contributed by atoms with Crippen molar-refractivity contribution in [1.29, 1.82) is 0 Å². The van der Waals surface area contributed by atoms with Crippen LogP contribution in [-0.2, 0) is 4.74 Å². The minimum Gasteiger partial charge on any atom is -0.375 e. The van der Waals surface area contributed by atoms with Crippen molar-refractivity contribution in [1.82, 2.24) is 0 Å². The zero-order valence-electron chi connectivity index (χ0n) is 6.81. The minimum atomic E-state index is 0.645. The standard InChI is InChI=1S/C9H17O/c1-3-4-5-6-7-8-9-10-2/h7-8H,2-6,9H2,1H3. The van der Waals surface area contributed by atoms with E-state index < -0.39 is 0 Å². The highest BCUT2D eigenvalue weighted by atomic mass is 16.5. The van der Waals surface area contributed by atoms with Gasteiger partial charge in [0, 0.05) is 0 Å². The van der Waals surface area contributed by atoms with Gasteiger partial charge in [0.2, 0.25) is 0 Å². The van der Waals surface area contributed by atoms with Crippen LogP contribution in [0.15, 0.2) is 12.2 Å². The van der Waals surface area contributed by atoms with Gasteiger partial charge in [-0.2, -0.15) is 0 Å². The van der Waals surface area contributed by atoms with Crippen molar-refractivity contribution >= 4 is 0 Å². The molecule has 0 spiro atoms. The molecular formula is C9H17O. The SMILES string of the molecule is [CH2]OCC=CCCCCC. The van der Waals surface area contributed by atoms with Crippen molar-refractivity contribution in [2.24, 2.45) is 0 Å². The molecule has 0 bridgehead atoms. The zero-order valence-corrected chi connectivity index (χ0v) is 6.81. The molecule has 0 unspecified atom stereocenters. The van der Waals surface area contributed by atoms with Crippen molar-refractivity contribution in [3.05, 3.63) is 19.3 Å². The molecule has 0 saturated heterocycles. The maximum absolute atomic E-state index is 4.61. The fourth-order valence-electron chi connectivity index (χ4n) is 0.766. The van der Waals surface area contributed by atoms with E-state index in [0.717, 1.165) is 0 Å². The highest BCUT2D eigenvalue weighted by Gasteiger charge is 1.80. The van der Waals surface area contributed by atoms with Crippen LogP contribution >= 0.6 is 0 Å². The smallest absolute Gasteiger partial charge is 0.0704 e. The van der Waals surface area contributed by atoms with E-state index in [9.17, 15) is 0 Å². The second kappa shape index (κ2) is 8.70. The maximum atomic E-state index is 4.61. The first-order valence-electron chi connectivity index (χ1n) is 3.93. The molecule has 1 heteroatoms. The molecule has 0 atom stereocenters. The lowest BCUT2D eigenvalue weighted by atomic mass is 10.2. The van der Waals surface area contributed by atoms with Crippen molar-refractivity contribution in [2.45, 2.75) is 32.6 Å². The first-order chi connectivity index (χ1) is 4.91. The molecule has 0 amide bonds. The first kappa shape index (κ1) is 9.70. The Morgan fingerprint density at radius 2 is 2.10 bits per heavy atom. The molecule has 0 aliphatic carbocycles. The van der Waals surface area contributed by atoms with Gasteiger partial charge in [0.15, 0.2) is 0 Å². The Bertz CT molecular complexity index is 76.8. The summed E-state index contributed by atoms with van der Waals surface area (Å²) in [6.07, 6.45) is 9.26. The molecule has 59 valence electrons. The van der Waals surface area contributed by atoms with E-state index >= 15 is 0 Å². The van der Waals surface area contributed by atoms with E-state index in [1.54, 1.807) is 0 Å². The van der Waals surface area contributed by atoms with Gasteiger partial charge in [-0.15, -0.1) is 0 Å². The maximum Gasteiger partial charge on any atom is 0.0704 e. The third-order valence-corrected chi connectivity index (χ3v) is 1.36. The average Bonchev–Trinajstić information content (AvgIpc) is 1.97. The third kappa shape index (κ3) is 7.70. The van der Waals surface area contributed by atoms with Gasteiger partial charge in [-0.05, 0) is 12.8 Å². The lowest BCUT2D eigenvalue weighted by Crippen LogP contribution is -1.77. The molecule has 0 aromatic carbocycles. The van der Waals surface area contributed by atoms with Gasteiger partial charge in [0.25, 0.3) is 0 Å². The van der Waals surface area contributed by atoms with Crippen molar-refractivity contribution in [3.8, 4) is 0 Å². The fraction of sp³-hybridized carbons (Fsp3) is 0.667. The Morgan fingerprint density at radius 3 is 2.70 bits per heavy atom. The van der Waals surface area contributed by atoms with Gasteiger partial charge in [-0.25, -0.2) is 0 Å². The third-order valence-electron chi connectivity index (χ3n) is 1.36. The zero-order chi connectivity index (χ0) is 7.66. The second-order valence-electron chi connectivity index (χ2n) is 2.34. The van der Waals surface area contributed by atoms with E-state index in [0.29, 0.717) is 6.61 Å². The molecular weight excluding hydrogens is 124 g/mol. The highest BCUT2D eigenvalue weighted by Crippen LogP contribution is 1.98. The van der Waals surface area contributed by atoms with Crippen LogP contribution in [0.1, 0.15) is 32.6 Å². The Balaban J connectivity index is 2.88. The molecule has 0 rings (SSSR count). The fourth-order valence-corrected chi connectivity index (χ4v) is 0.766. The normalized spacial score (nSPS) is 11.0. The summed E-state index contributed by atoms with van der Waals surface area (Å²) in [6, 6.07) is 0. The lowest BCUT2D eigenvalue weighted by Gasteiger charge is -1.91. The Hall–Kier alpha value is -0.300. The van der Waals surface area contributed by atoms with Gasteiger partial charge in [-0.3, -0.25) is 0 Å². The summed E-state index contributed by atoms with van der Waals surface area (Å²) in [6.45, 7) is 2.86. The molecule has 0 aliphatic heterocycles. The van der Waals surface area contributed by atoms with Gasteiger partial charge in [0.1, 0.15) is 0 Å². The van der Waals surface area contributed by atoms with Crippen LogP contribution in [0.4, 0.5) is 0 Å². The Morgan fingerprint density at radius 1 is 1.30 bits per heavy atom. The molecule has 0 heterocycles. The number of hydrogen-bond donors (Lipinski definition) is 0.